The molecule has 1 aromatic heterocycles. The van der Waals surface area contributed by atoms with Gasteiger partial charge in [-0.25, -0.2) is 4.98 Å². The van der Waals surface area contributed by atoms with Crippen LogP contribution in [0.2, 0.25) is 0 Å². The summed E-state index contributed by atoms with van der Waals surface area (Å²) in [5.41, 5.74) is 0.581. The van der Waals surface area contributed by atoms with Crippen LogP contribution in [-0.4, -0.2) is 34.5 Å². The number of carbonyl (C=O) groups excluding carboxylic acids is 1. The van der Waals surface area contributed by atoms with E-state index in [1.54, 1.807) is 36.7 Å². The maximum absolute atomic E-state index is 12.4. The van der Waals surface area contributed by atoms with Crippen LogP contribution in [-0.2, 0) is 0 Å². The molecule has 1 aliphatic heterocycles. The molecule has 1 saturated heterocycles. The average Bonchev–Trinajstić information content (AvgIpc) is 2.56. The highest BCUT2D eigenvalue weighted by Crippen LogP contribution is 2.20. The standard InChI is InChI=1S/C17H20N4O2.2ClH/c1-12-9-14(5-6-19-12)21-17(22)13-3-2-4-15(10-13)23-16-11-18-7-8-20-16;;/h2-4,7-8,10-12,14,19H,5-6,9H2,1H3,(H,21,22);2*1H. The molecule has 8 heteroatoms. The van der Waals surface area contributed by atoms with Crippen LogP contribution in [0, 0.1) is 0 Å². The van der Waals surface area contributed by atoms with E-state index < -0.39 is 0 Å². The SMILES string of the molecule is CC1CC(NC(=O)c2cccc(Oc3cnccn3)c2)CCN1.Cl.Cl. The Hall–Kier alpha value is -1.89. The summed E-state index contributed by atoms with van der Waals surface area (Å²) in [6, 6.07) is 7.73. The van der Waals surface area contributed by atoms with Crippen molar-refractivity contribution in [2.24, 2.45) is 0 Å². The number of nitrogens with one attached hydrogen (secondary N) is 2. The second-order valence-electron chi connectivity index (χ2n) is 5.72. The van der Waals surface area contributed by atoms with Gasteiger partial charge in [-0.05, 0) is 44.5 Å². The minimum absolute atomic E-state index is 0. The number of halogens is 2. The molecular formula is C17H22Cl2N4O2. The lowest BCUT2D eigenvalue weighted by Crippen LogP contribution is -2.46. The van der Waals surface area contributed by atoms with Gasteiger partial charge in [-0.2, -0.15) is 0 Å². The fourth-order valence-corrected chi connectivity index (χ4v) is 2.69. The highest BCUT2D eigenvalue weighted by molar-refractivity contribution is 5.94. The van der Waals surface area contributed by atoms with Gasteiger partial charge in [-0.1, -0.05) is 6.07 Å². The Balaban J connectivity index is 0.00000156. The Bertz CT molecular complexity index is 673. The second-order valence-corrected chi connectivity index (χ2v) is 5.72. The van der Waals surface area contributed by atoms with E-state index in [-0.39, 0.29) is 36.8 Å². The van der Waals surface area contributed by atoms with Crippen LogP contribution in [0.3, 0.4) is 0 Å². The molecular weight excluding hydrogens is 363 g/mol. The Morgan fingerprint density at radius 2 is 2.16 bits per heavy atom. The van der Waals surface area contributed by atoms with E-state index in [1.807, 2.05) is 0 Å². The van der Waals surface area contributed by atoms with Crippen LogP contribution in [0.25, 0.3) is 0 Å². The van der Waals surface area contributed by atoms with Crippen molar-refractivity contribution in [3.8, 4) is 11.6 Å². The van der Waals surface area contributed by atoms with Gasteiger partial charge in [0, 0.05) is 30.0 Å². The zero-order valence-corrected chi connectivity index (χ0v) is 15.5. The highest BCUT2D eigenvalue weighted by atomic mass is 35.5. The summed E-state index contributed by atoms with van der Waals surface area (Å²) >= 11 is 0. The summed E-state index contributed by atoms with van der Waals surface area (Å²) in [5.74, 6) is 0.891. The van der Waals surface area contributed by atoms with Crippen molar-refractivity contribution in [3.05, 3.63) is 48.4 Å². The number of nitrogens with zero attached hydrogens (tertiary/aromatic N) is 2. The number of rotatable bonds is 4. The maximum atomic E-state index is 12.4. The fourth-order valence-electron chi connectivity index (χ4n) is 2.69. The molecule has 1 aromatic carbocycles. The first kappa shape index (κ1) is 21.2. The number of ether oxygens (including phenoxy) is 1. The lowest BCUT2D eigenvalue weighted by Gasteiger charge is -2.28. The molecule has 136 valence electrons. The van der Waals surface area contributed by atoms with Crippen LogP contribution in [0.5, 0.6) is 11.6 Å². The maximum Gasteiger partial charge on any atom is 0.251 e. The first-order valence-corrected chi connectivity index (χ1v) is 7.79. The van der Waals surface area contributed by atoms with Crippen molar-refractivity contribution in [2.75, 3.05) is 6.54 Å². The quantitative estimate of drug-likeness (QED) is 0.846. The minimum atomic E-state index is -0.0753. The summed E-state index contributed by atoms with van der Waals surface area (Å²) in [6.45, 7) is 3.07. The molecule has 0 saturated carbocycles. The van der Waals surface area contributed by atoms with Gasteiger partial charge < -0.3 is 15.4 Å². The molecule has 1 fully saturated rings. The van der Waals surface area contributed by atoms with E-state index in [9.17, 15) is 4.79 Å². The largest absolute Gasteiger partial charge is 0.437 e. The Kier molecular flexibility index (Phi) is 8.61. The third kappa shape index (κ3) is 6.16. The molecule has 2 unspecified atom stereocenters. The van der Waals surface area contributed by atoms with Crippen molar-refractivity contribution in [3.63, 3.8) is 0 Å². The molecule has 2 atom stereocenters. The van der Waals surface area contributed by atoms with Gasteiger partial charge in [0.1, 0.15) is 5.75 Å². The Morgan fingerprint density at radius 1 is 1.32 bits per heavy atom. The number of benzene rings is 1. The van der Waals surface area contributed by atoms with Gasteiger partial charge in [0.15, 0.2) is 0 Å². The molecule has 3 rings (SSSR count). The zero-order chi connectivity index (χ0) is 16.1. The van der Waals surface area contributed by atoms with E-state index in [4.69, 9.17) is 4.74 Å². The summed E-state index contributed by atoms with van der Waals surface area (Å²) in [5, 5.41) is 6.47. The van der Waals surface area contributed by atoms with Gasteiger partial charge in [-0.15, -0.1) is 24.8 Å². The number of carbonyl (C=O) groups is 1. The fraction of sp³-hybridized carbons (Fsp3) is 0.353. The van der Waals surface area contributed by atoms with Crippen molar-refractivity contribution >= 4 is 30.7 Å². The van der Waals surface area contributed by atoms with Crippen molar-refractivity contribution in [1.82, 2.24) is 20.6 Å². The van der Waals surface area contributed by atoms with E-state index in [0.29, 0.717) is 23.2 Å². The molecule has 0 spiro atoms. The van der Waals surface area contributed by atoms with Gasteiger partial charge in [0.05, 0.1) is 6.20 Å². The molecule has 25 heavy (non-hydrogen) atoms. The van der Waals surface area contributed by atoms with Crippen LogP contribution in [0.15, 0.2) is 42.9 Å². The minimum Gasteiger partial charge on any atom is -0.437 e. The topological polar surface area (TPSA) is 76.1 Å². The molecule has 6 nitrogen and oxygen atoms in total. The summed E-state index contributed by atoms with van der Waals surface area (Å²) in [4.78, 5) is 20.4. The first-order chi connectivity index (χ1) is 11.2. The lowest BCUT2D eigenvalue weighted by atomic mass is 10.0. The predicted molar refractivity (Wildman–Crippen MR) is 101 cm³/mol. The van der Waals surface area contributed by atoms with Crippen molar-refractivity contribution in [2.45, 2.75) is 31.8 Å². The van der Waals surface area contributed by atoms with Crippen molar-refractivity contribution < 1.29 is 9.53 Å². The Morgan fingerprint density at radius 3 is 2.88 bits per heavy atom. The smallest absolute Gasteiger partial charge is 0.251 e. The lowest BCUT2D eigenvalue weighted by molar-refractivity contribution is 0.0925. The molecule has 0 radical (unpaired) electrons. The third-order valence-electron chi connectivity index (χ3n) is 3.82. The summed E-state index contributed by atoms with van der Waals surface area (Å²) in [6.07, 6.45) is 6.57. The van der Waals surface area contributed by atoms with Gasteiger partial charge in [-0.3, -0.25) is 9.78 Å². The third-order valence-corrected chi connectivity index (χ3v) is 3.82. The first-order valence-electron chi connectivity index (χ1n) is 7.79. The van der Waals surface area contributed by atoms with Crippen LogP contribution < -0.4 is 15.4 Å². The van der Waals surface area contributed by atoms with Gasteiger partial charge >= 0.3 is 0 Å². The molecule has 2 heterocycles. The second kappa shape index (κ2) is 10.2. The monoisotopic (exact) mass is 384 g/mol. The van der Waals surface area contributed by atoms with Crippen LogP contribution in [0.1, 0.15) is 30.1 Å². The normalized spacial score (nSPS) is 19.1. The van der Waals surface area contributed by atoms with Gasteiger partial charge in [0.25, 0.3) is 5.91 Å². The van der Waals surface area contributed by atoms with E-state index in [0.717, 1.165) is 19.4 Å². The highest BCUT2D eigenvalue weighted by Gasteiger charge is 2.20. The number of amides is 1. The van der Waals surface area contributed by atoms with Gasteiger partial charge in [0.2, 0.25) is 5.88 Å². The van der Waals surface area contributed by atoms with Crippen LogP contribution in [0.4, 0.5) is 0 Å². The predicted octanol–water partition coefficient (Wildman–Crippen LogP) is 2.98. The molecule has 2 aromatic rings. The zero-order valence-electron chi connectivity index (χ0n) is 13.8. The molecule has 0 bridgehead atoms. The van der Waals surface area contributed by atoms with Crippen molar-refractivity contribution in [1.29, 1.82) is 0 Å². The van der Waals surface area contributed by atoms with E-state index >= 15 is 0 Å². The van der Waals surface area contributed by atoms with E-state index in [2.05, 4.69) is 27.5 Å². The number of aromatic nitrogens is 2. The molecule has 0 aliphatic carbocycles. The number of piperidine rings is 1. The Labute approximate surface area is 159 Å². The van der Waals surface area contributed by atoms with Crippen LogP contribution >= 0.6 is 24.8 Å². The molecule has 1 aliphatic rings. The number of hydrogen-bond donors (Lipinski definition) is 2. The van der Waals surface area contributed by atoms with E-state index in [1.165, 1.54) is 6.20 Å². The molecule has 2 N–H and O–H groups in total. The summed E-state index contributed by atoms with van der Waals surface area (Å²) < 4.78 is 5.61. The molecule has 1 amide bonds. The number of hydrogen-bond acceptors (Lipinski definition) is 5. The average molecular weight is 385 g/mol. The summed E-state index contributed by atoms with van der Waals surface area (Å²) in [7, 11) is 0.